The van der Waals surface area contributed by atoms with Gasteiger partial charge in [-0.25, -0.2) is 4.99 Å². The van der Waals surface area contributed by atoms with Crippen molar-refractivity contribution in [2.75, 3.05) is 19.0 Å². The highest BCUT2D eigenvalue weighted by molar-refractivity contribution is 9.10. The molecule has 0 fully saturated rings. The summed E-state index contributed by atoms with van der Waals surface area (Å²) in [4.78, 5) is 33.3. The van der Waals surface area contributed by atoms with Crippen LogP contribution in [0.5, 0.6) is 17.2 Å². The molecule has 0 saturated carbocycles. The molecular weight excluding hydrogens is 678 g/mol. The summed E-state index contributed by atoms with van der Waals surface area (Å²) in [5.74, 6) is 1.47. The number of carbonyl (C=O) groups is 1. The maximum absolute atomic E-state index is 14.2. The molecule has 0 unspecified atom stereocenters. The van der Waals surface area contributed by atoms with Crippen LogP contribution in [-0.2, 0) is 11.4 Å². The van der Waals surface area contributed by atoms with Crippen molar-refractivity contribution in [1.29, 1.82) is 0 Å². The van der Waals surface area contributed by atoms with Crippen molar-refractivity contribution in [3.63, 3.8) is 0 Å². The standard InChI is InChI=1S/C37H32BrN3O5S/c1-4-45-28-17-15-26(16-18-28)33-32(35(42)40-27-13-9-6-10-14-27)23(2)39-37-41(33)36(43)31(47-37)21-25-19-29(38)34(30(20-25)44-3)46-22-24-11-7-5-8-12-24/h5-21,33H,4,22H2,1-3H3,(H,40,42)/b31-21-/t33-/m1/s1. The SMILES string of the molecule is CCOc1ccc([C@@H]2C(C(=O)Nc3ccccc3)=C(C)N=c3s/c(=C\c4cc(Br)c(OCc5ccccc5)c(OC)c4)c(=O)n32)cc1. The molecule has 1 aliphatic heterocycles. The summed E-state index contributed by atoms with van der Waals surface area (Å²) in [6.07, 6.45) is 1.80. The van der Waals surface area contributed by atoms with Crippen LogP contribution in [0.1, 0.15) is 36.6 Å². The van der Waals surface area contributed by atoms with Gasteiger partial charge < -0.3 is 19.5 Å². The molecule has 1 aromatic heterocycles. The lowest BCUT2D eigenvalue weighted by Gasteiger charge is -2.25. The van der Waals surface area contributed by atoms with Crippen LogP contribution < -0.4 is 34.4 Å². The van der Waals surface area contributed by atoms with Crippen LogP contribution in [0, 0.1) is 0 Å². The third-order valence-corrected chi connectivity index (χ3v) is 9.15. The number of rotatable bonds is 10. The number of hydrogen-bond acceptors (Lipinski definition) is 7. The van der Waals surface area contributed by atoms with Gasteiger partial charge in [0.1, 0.15) is 12.4 Å². The number of ether oxygens (including phenoxy) is 3. The number of methoxy groups -OCH3 is 1. The monoisotopic (exact) mass is 709 g/mol. The van der Waals surface area contributed by atoms with Gasteiger partial charge in [-0.3, -0.25) is 14.2 Å². The van der Waals surface area contributed by atoms with Gasteiger partial charge in [0.25, 0.3) is 11.5 Å². The highest BCUT2D eigenvalue weighted by atomic mass is 79.9. The summed E-state index contributed by atoms with van der Waals surface area (Å²) in [5, 5.41) is 2.98. The highest BCUT2D eigenvalue weighted by Crippen LogP contribution is 2.37. The predicted octanol–water partition coefficient (Wildman–Crippen LogP) is 6.62. The zero-order chi connectivity index (χ0) is 32.9. The van der Waals surface area contributed by atoms with Crippen LogP contribution >= 0.6 is 27.3 Å². The Morgan fingerprint density at radius 2 is 1.70 bits per heavy atom. The Morgan fingerprint density at radius 3 is 2.38 bits per heavy atom. The lowest BCUT2D eigenvalue weighted by Crippen LogP contribution is -2.40. The van der Waals surface area contributed by atoms with E-state index in [0.29, 0.717) is 61.2 Å². The number of para-hydroxylation sites is 1. The summed E-state index contributed by atoms with van der Waals surface area (Å²) < 4.78 is 20.2. The fraction of sp³-hybridized carbons (Fsp3) is 0.162. The Balaban J connectivity index is 1.41. The Morgan fingerprint density at radius 1 is 1.00 bits per heavy atom. The number of carbonyl (C=O) groups excluding carboxylic acids is 1. The first kappa shape index (κ1) is 32.0. The second-order valence-corrected chi connectivity index (χ2v) is 12.6. The number of benzene rings is 4. The van der Waals surface area contributed by atoms with Crippen molar-refractivity contribution in [2.45, 2.75) is 26.5 Å². The van der Waals surface area contributed by atoms with E-state index < -0.39 is 6.04 Å². The van der Waals surface area contributed by atoms with Crippen molar-refractivity contribution in [3.8, 4) is 17.2 Å². The van der Waals surface area contributed by atoms with E-state index in [1.165, 1.54) is 11.3 Å². The molecule has 238 valence electrons. The molecule has 2 heterocycles. The van der Waals surface area contributed by atoms with Crippen molar-refractivity contribution in [1.82, 2.24) is 4.57 Å². The third kappa shape index (κ3) is 6.94. The van der Waals surface area contributed by atoms with E-state index in [0.717, 1.165) is 16.7 Å². The number of thiazole rings is 1. The number of aromatic nitrogens is 1. The van der Waals surface area contributed by atoms with E-state index in [2.05, 4.69) is 21.2 Å². The number of allylic oxidation sites excluding steroid dienone is 1. The zero-order valence-corrected chi connectivity index (χ0v) is 28.4. The van der Waals surface area contributed by atoms with Gasteiger partial charge in [-0.15, -0.1) is 0 Å². The quantitative estimate of drug-likeness (QED) is 0.176. The number of nitrogens with zero attached hydrogens (tertiary/aromatic N) is 2. The van der Waals surface area contributed by atoms with E-state index in [-0.39, 0.29) is 11.5 Å². The zero-order valence-electron chi connectivity index (χ0n) is 26.0. The molecule has 0 aliphatic carbocycles. The molecule has 0 bridgehead atoms. The highest BCUT2D eigenvalue weighted by Gasteiger charge is 2.32. The average Bonchev–Trinajstić information content (AvgIpc) is 3.38. The molecule has 1 amide bonds. The van der Waals surface area contributed by atoms with Gasteiger partial charge in [0.2, 0.25) is 0 Å². The molecule has 5 aromatic rings. The van der Waals surface area contributed by atoms with Gasteiger partial charge in [-0.2, -0.15) is 0 Å². The maximum Gasteiger partial charge on any atom is 0.271 e. The minimum atomic E-state index is -0.706. The second-order valence-electron chi connectivity index (χ2n) is 10.7. The van der Waals surface area contributed by atoms with Gasteiger partial charge in [0, 0.05) is 5.69 Å². The molecule has 1 N–H and O–H groups in total. The maximum atomic E-state index is 14.2. The van der Waals surface area contributed by atoms with Crippen molar-refractivity contribution in [2.24, 2.45) is 4.99 Å². The van der Waals surface area contributed by atoms with Crippen LogP contribution in [0.2, 0.25) is 0 Å². The van der Waals surface area contributed by atoms with E-state index >= 15 is 0 Å². The summed E-state index contributed by atoms with van der Waals surface area (Å²) in [6.45, 7) is 4.62. The molecule has 6 rings (SSSR count). The van der Waals surface area contributed by atoms with Gasteiger partial charge in [-0.05, 0) is 88.9 Å². The van der Waals surface area contributed by atoms with Crippen LogP contribution in [0.15, 0.2) is 123 Å². The number of nitrogens with one attached hydrogen (secondary N) is 1. The fourth-order valence-corrected chi connectivity index (χ4v) is 7.03. The van der Waals surface area contributed by atoms with Crippen LogP contribution in [0.3, 0.4) is 0 Å². The Kier molecular flexibility index (Phi) is 9.70. The van der Waals surface area contributed by atoms with Gasteiger partial charge >= 0.3 is 0 Å². The molecule has 0 spiro atoms. The summed E-state index contributed by atoms with van der Waals surface area (Å²) in [7, 11) is 1.58. The fourth-order valence-electron chi connectivity index (χ4n) is 5.40. The Bertz CT molecular complexity index is 2130. The van der Waals surface area contributed by atoms with E-state index in [4.69, 9.17) is 19.2 Å². The molecule has 0 radical (unpaired) electrons. The number of fused-ring (bicyclic) bond motifs is 1. The lowest BCUT2D eigenvalue weighted by molar-refractivity contribution is -0.113. The smallest absolute Gasteiger partial charge is 0.271 e. The minimum Gasteiger partial charge on any atom is -0.494 e. The van der Waals surface area contributed by atoms with Crippen LogP contribution in [0.25, 0.3) is 6.08 Å². The molecular formula is C37H32BrN3O5S. The van der Waals surface area contributed by atoms with Gasteiger partial charge in [-0.1, -0.05) is 72.0 Å². The van der Waals surface area contributed by atoms with Crippen molar-refractivity contribution in [3.05, 3.63) is 149 Å². The van der Waals surface area contributed by atoms with Crippen molar-refractivity contribution >= 4 is 44.9 Å². The first-order valence-corrected chi connectivity index (χ1v) is 16.6. The first-order chi connectivity index (χ1) is 22.9. The molecule has 0 saturated heterocycles. The molecule has 1 aliphatic rings. The van der Waals surface area contributed by atoms with Gasteiger partial charge in [0.05, 0.1) is 40.0 Å². The molecule has 8 nitrogen and oxygen atoms in total. The largest absolute Gasteiger partial charge is 0.494 e. The number of amides is 1. The third-order valence-electron chi connectivity index (χ3n) is 7.58. The summed E-state index contributed by atoms with van der Waals surface area (Å²) >= 11 is 4.90. The average molecular weight is 711 g/mol. The molecule has 47 heavy (non-hydrogen) atoms. The predicted molar refractivity (Wildman–Crippen MR) is 188 cm³/mol. The van der Waals surface area contributed by atoms with Crippen LogP contribution in [-0.4, -0.2) is 24.2 Å². The number of hydrogen-bond donors (Lipinski definition) is 1. The Labute approximate surface area is 284 Å². The minimum absolute atomic E-state index is 0.260. The first-order valence-electron chi connectivity index (χ1n) is 15.0. The van der Waals surface area contributed by atoms with E-state index in [9.17, 15) is 9.59 Å². The molecule has 10 heteroatoms. The molecule has 4 aromatic carbocycles. The van der Waals surface area contributed by atoms with Gasteiger partial charge in [0.15, 0.2) is 16.3 Å². The van der Waals surface area contributed by atoms with E-state index in [1.807, 2.05) is 104 Å². The molecule has 1 atom stereocenters. The lowest BCUT2D eigenvalue weighted by atomic mass is 9.95. The summed E-state index contributed by atoms with van der Waals surface area (Å²) in [6, 6.07) is 29.6. The number of halogens is 1. The van der Waals surface area contributed by atoms with E-state index in [1.54, 1.807) is 24.7 Å². The normalized spacial score (nSPS) is 14.3. The Hall–Kier alpha value is -4.93. The van der Waals surface area contributed by atoms with Crippen molar-refractivity contribution < 1.29 is 19.0 Å². The topological polar surface area (TPSA) is 91.2 Å². The number of anilines is 1. The summed E-state index contributed by atoms with van der Waals surface area (Å²) in [5.41, 5.74) is 3.84. The second kappa shape index (κ2) is 14.2. The van der Waals surface area contributed by atoms with Crippen LogP contribution in [0.4, 0.5) is 5.69 Å².